The van der Waals surface area contributed by atoms with Crippen LogP contribution in [-0.4, -0.2) is 46.3 Å². The van der Waals surface area contributed by atoms with Crippen LogP contribution in [-0.2, 0) is 16.1 Å². The number of benzene rings is 1. The molecule has 2 aromatic heterocycles. The van der Waals surface area contributed by atoms with Crippen LogP contribution in [0.4, 0.5) is 5.82 Å². The second kappa shape index (κ2) is 9.76. The number of imide groups is 1. The van der Waals surface area contributed by atoms with Gasteiger partial charge in [0.2, 0.25) is 0 Å². The smallest absolute Gasteiger partial charge is 0.338 e. The minimum absolute atomic E-state index is 0.0220. The molecule has 0 saturated carbocycles. The number of nitrogens with zero attached hydrogens (tertiary/aromatic N) is 3. The summed E-state index contributed by atoms with van der Waals surface area (Å²) in [7, 11) is 0. The molecule has 36 heavy (non-hydrogen) atoms. The van der Waals surface area contributed by atoms with Crippen molar-refractivity contribution in [1.29, 1.82) is 5.26 Å². The first kappa shape index (κ1) is 24.2. The van der Waals surface area contributed by atoms with Crippen LogP contribution in [0.15, 0.2) is 53.7 Å². The normalized spacial score (nSPS) is 12.3. The van der Waals surface area contributed by atoms with Crippen molar-refractivity contribution in [1.82, 2.24) is 9.47 Å². The van der Waals surface area contributed by atoms with Crippen molar-refractivity contribution in [3.63, 3.8) is 0 Å². The number of carbonyl (C=O) groups excluding carboxylic acids is 4. The summed E-state index contributed by atoms with van der Waals surface area (Å²) in [6, 6.07) is 9.62. The predicted octanol–water partition coefficient (Wildman–Crippen LogP) is 3.20. The average molecular weight is 486 g/mol. The third-order valence-corrected chi connectivity index (χ3v) is 5.95. The van der Waals surface area contributed by atoms with Crippen molar-refractivity contribution in [2.45, 2.75) is 20.4 Å². The molecule has 1 aromatic carbocycles. The van der Waals surface area contributed by atoms with Crippen LogP contribution in [0.1, 0.15) is 53.7 Å². The fraction of sp³-hybridized carbons (Fsp3) is 0.192. The summed E-state index contributed by atoms with van der Waals surface area (Å²) >= 11 is 0. The molecular formula is C26H22N4O6. The Morgan fingerprint density at radius 1 is 1.19 bits per heavy atom. The number of anilines is 1. The predicted molar refractivity (Wildman–Crippen MR) is 127 cm³/mol. The van der Waals surface area contributed by atoms with E-state index in [9.17, 15) is 24.4 Å². The van der Waals surface area contributed by atoms with E-state index in [2.05, 4.69) is 18.0 Å². The number of hydrogen-bond donors (Lipinski definition) is 1. The summed E-state index contributed by atoms with van der Waals surface area (Å²) in [5.74, 6) is -1.58. The van der Waals surface area contributed by atoms with Gasteiger partial charge in [-0.05, 0) is 49.7 Å². The first-order valence-electron chi connectivity index (χ1n) is 11.0. The average Bonchev–Trinajstić information content (AvgIpc) is 3.53. The maximum Gasteiger partial charge on any atom is 0.338 e. The molecule has 1 aliphatic rings. The molecular weight excluding hydrogens is 464 g/mol. The maximum atomic E-state index is 12.6. The molecule has 1 aliphatic heterocycles. The zero-order valence-corrected chi connectivity index (χ0v) is 19.7. The molecule has 10 nitrogen and oxygen atoms in total. The SMILES string of the molecule is C=CCN1C(=O)c2ccc(C(=O)OCC(=O)Nc3c(C#N)c(C)c(C)n3Cc3ccco3)cc2C1=O. The van der Waals surface area contributed by atoms with E-state index in [0.29, 0.717) is 23.4 Å². The van der Waals surface area contributed by atoms with E-state index < -0.39 is 30.3 Å². The third-order valence-electron chi connectivity index (χ3n) is 5.95. The first-order chi connectivity index (χ1) is 17.3. The number of fused-ring (bicyclic) bond motifs is 1. The lowest BCUT2D eigenvalue weighted by Crippen LogP contribution is -2.29. The minimum atomic E-state index is -0.839. The van der Waals surface area contributed by atoms with E-state index in [0.717, 1.165) is 10.6 Å². The van der Waals surface area contributed by atoms with Gasteiger partial charge in [0, 0.05) is 12.2 Å². The van der Waals surface area contributed by atoms with Crippen molar-refractivity contribution in [3.8, 4) is 6.07 Å². The van der Waals surface area contributed by atoms with Crippen LogP contribution < -0.4 is 5.32 Å². The molecule has 3 heterocycles. The molecule has 182 valence electrons. The van der Waals surface area contributed by atoms with Gasteiger partial charge in [-0.1, -0.05) is 6.08 Å². The Balaban J connectivity index is 1.47. The molecule has 1 N–H and O–H groups in total. The van der Waals surface area contributed by atoms with Crippen molar-refractivity contribution < 1.29 is 28.3 Å². The van der Waals surface area contributed by atoms with Gasteiger partial charge in [-0.25, -0.2) is 4.79 Å². The van der Waals surface area contributed by atoms with Gasteiger partial charge < -0.3 is 19.0 Å². The van der Waals surface area contributed by atoms with Crippen molar-refractivity contribution >= 4 is 29.5 Å². The Labute approximate surface area is 206 Å². The Hall–Kier alpha value is -4.91. The summed E-state index contributed by atoms with van der Waals surface area (Å²) in [5.41, 5.74) is 2.07. The molecule has 3 amide bonds. The van der Waals surface area contributed by atoms with Gasteiger partial charge in [0.1, 0.15) is 17.6 Å². The van der Waals surface area contributed by atoms with Gasteiger partial charge >= 0.3 is 5.97 Å². The molecule has 10 heteroatoms. The van der Waals surface area contributed by atoms with Crippen molar-refractivity contribution in [2.24, 2.45) is 0 Å². The standard InChI is InChI=1S/C26H22N4O6/c1-4-9-29-24(32)19-8-7-17(11-20(19)25(29)33)26(34)36-14-22(31)28-23-21(12-27)15(2)16(3)30(23)13-18-6-5-10-35-18/h4-8,10-11H,1,9,13-14H2,2-3H3,(H,28,31). The van der Waals surface area contributed by atoms with E-state index >= 15 is 0 Å². The fourth-order valence-electron chi connectivity index (χ4n) is 3.98. The Bertz CT molecular complexity index is 1440. The summed E-state index contributed by atoms with van der Waals surface area (Å²) in [4.78, 5) is 51.0. The lowest BCUT2D eigenvalue weighted by Gasteiger charge is -2.12. The van der Waals surface area contributed by atoms with Gasteiger partial charge in [-0.2, -0.15) is 5.26 Å². The number of rotatable bonds is 8. The Morgan fingerprint density at radius 3 is 2.61 bits per heavy atom. The Kier molecular flexibility index (Phi) is 6.56. The zero-order valence-electron chi connectivity index (χ0n) is 19.7. The highest BCUT2D eigenvalue weighted by Crippen LogP contribution is 2.28. The molecule has 0 spiro atoms. The summed E-state index contributed by atoms with van der Waals surface area (Å²) in [6.45, 7) is 6.85. The fourth-order valence-corrected chi connectivity index (χ4v) is 3.98. The van der Waals surface area contributed by atoms with E-state index in [1.165, 1.54) is 30.5 Å². The molecule has 0 radical (unpaired) electrons. The number of amides is 3. The summed E-state index contributed by atoms with van der Waals surface area (Å²) in [5, 5.41) is 12.3. The second-order valence-electron chi connectivity index (χ2n) is 8.11. The number of nitriles is 1. The first-order valence-corrected chi connectivity index (χ1v) is 11.0. The van der Waals surface area contributed by atoms with Gasteiger partial charge in [-0.15, -0.1) is 6.58 Å². The molecule has 4 rings (SSSR count). The third kappa shape index (κ3) is 4.30. The van der Waals surface area contributed by atoms with Crippen LogP contribution in [0.2, 0.25) is 0 Å². The number of ether oxygens (including phenoxy) is 1. The topological polar surface area (TPSA) is 135 Å². The van der Waals surface area contributed by atoms with E-state index in [1.54, 1.807) is 23.6 Å². The molecule has 0 atom stereocenters. The maximum absolute atomic E-state index is 12.6. The minimum Gasteiger partial charge on any atom is -0.467 e. The van der Waals surface area contributed by atoms with Crippen LogP contribution in [0.3, 0.4) is 0 Å². The van der Waals surface area contributed by atoms with Crippen molar-refractivity contribution in [2.75, 3.05) is 18.5 Å². The van der Waals surface area contributed by atoms with Gasteiger partial charge in [0.15, 0.2) is 6.61 Å². The second-order valence-corrected chi connectivity index (χ2v) is 8.11. The molecule has 0 saturated heterocycles. The molecule has 0 fully saturated rings. The molecule has 3 aromatic rings. The molecule has 0 bridgehead atoms. The molecule has 0 aliphatic carbocycles. The van der Waals surface area contributed by atoms with Gasteiger partial charge in [0.25, 0.3) is 17.7 Å². The highest BCUT2D eigenvalue weighted by atomic mass is 16.5. The van der Waals surface area contributed by atoms with Crippen LogP contribution in [0.25, 0.3) is 0 Å². The lowest BCUT2D eigenvalue weighted by molar-refractivity contribution is -0.119. The van der Waals surface area contributed by atoms with E-state index in [-0.39, 0.29) is 29.1 Å². The number of esters is 1. The summed E-state index contributed by atoms with van der Waals surface area (Å²) in [6.07, 6.45) is 2.96. The number of furan rings is 1. The molecule has 0 unspecified atom stereocenters. The number of hydrogen-bond acceptors (Lipinski definition) is 7. The van der Waals surface area contributed by atoms with Gasteiger partial charge in [-0.3, -0.25) is 19.3 Å². The quantitative estimate of drug-likeness (QED) is 0.293. The summed E-state index contributed by atoms with van der Waals surface area (Å²) < 4.78 is 12.3. The van der Waals surface area contributed by atoms with Gasteiger partial charge in [0.05, 0.1) is 35.1 Å². The van der Waals surface area contributed by atoms with Crippen LogP contribution >= 0.6 is 0 Å². The zero-order chi connectivity index (χ0) is 26.0. The highest BCUT2D eigenvalue weighted by Gasteiger charge is 2.35. The van der Waals surface area contributed by atoms with Crippen LogP contribution in [0, 0.1) is 25.2 Å². The number of aromatic nitrogens is 1. The Morgan fingerprint density at radius 2 is 1.94 bits per heavy atom. The van der Waals surface area contributed by atoms with Crippen molar-refractivity contribution in [3.05, 3.63) is 88.5 Å². The lowest BCUT2D eigenvalue weighted by atomic mass is 10.1. The van der Waals surface area contributed by atoms with E-state index in [1.807, 2.05) is 6.92 Å². The number of carbonyl (C=O) groups is 4. The van der Waals surface area contributed by atoms with Crippen LogP contribution in [0.5, 0.6) is 0 Å². The number of nitrogens with one attached hydrogen (secondary N) is 1. The van der Waals surface area contributed by atoms with E-state index in [4.69, 9.17) is 9.15 Å². The highest BCUT2D eigenvalue weighted by molar-refractivity contribution is 6.22. The largest absolute Gasteiger partial charge is 0.467 e. The monoisotopic (exact) mass is 486 g/mol.